The van der Waals surface area contributed by atoms with Gasteiger partial charge in [-0.2, -0.15) is 0 Å². The number of ether oxygens (including phenoxy) is 1. The predicted molar refractivity (Wildman–Crippen MR) is 74.8 cm³/mol. The van der Waals surface area contributed by atoms with Gasteiger partial charge in [-0.15, -0.1) is 0 Å². The number of carbonyl (C=O) groups is 3. The van der Waals surface area contributed by atoms with Crippen molar-refractivity contribution < 1.29 is 24.2 Å². The molecule has 0 bridgehead atoms. The number of aromatic carboxylic acids is 1. The lowest BCUT2D eigenvalue weighted by atomic mass is 10.2. The molecule has 7 nitrogen and oxygen atoms in total. The molecule has 0 saturated heterocycles. The summed E-state index contributed by atoms with van der Waals surface area (Å²) in [4.78, 5) is 33.3. The molecule has 0 heterocycles. The van der Waals surface area contributed by atoms with E-state index in [4.69, 9.17) is 5.11 Å². The third kappa shape index (κ3) is 5.27. The largest absolute Gasteiger partial charge is 0.478 e. The van der Waals surface area contributed by atoms with E-state index in [1.54, 1.807) is 6.07 Å². The van der Waals surface area contributed by atoms with Gasteiger partial charge in [0.2, 0.25) is 0 Å². The first-order valence-corrected chi connectivity index (χ1v) is 6.37. The normalized spacial score (nSPS) is 9.70. The molecular weight excluding hydrogens is 332 g/mol. The summed E-state index contributed by atoms with van der Waals surface area (Å²) in [5.41, 5.74) is 0.372. The number of rotatable bonds is 5. The average Bonchev–Trinajstić information content (AvgIpc) is 2.37. The van der Waals surface area contributed by atoms with Crippen molar-refractivity contribution in [2.75, 3.05) is 19.0 Å². The van der Waals surface area contributed by atoms with Crippen LogP contribution in [-0.4, -0.2) is 36.7 Å². The third-order valence-electron chi connectivity index (χ3n) is 2.24. The molecule has 8 heteroatoms. The lowest BCUT2D eigenvalue weighted by molar-refractivity contribution is -0.140. The Bertz CT molecular complexity index is 533. The summed E-state index contributed by atoms with van der Waals surface area (Å²) in [5, 5.41) is 13.8. The maximum absolute atomic E-state index is 11.5. The van der Waals surface area contributed by atoms with E-state index >= 15 is 0 Å². The number of urea groups is 1. The van der Waals surface area contributed by atoms with Gasteiger partial charge >= 0.3 is 18.0 Å². The molecule has 0 aliphatic rings. The number of nitrogens with one attached hydrogen (secondary N) is 2. The molecule has 0 atom stereocenters. The van der Waals surface area contributed by atoms with Gasteiger partial charge in [0.05, 0.1) is 19.1 Å². The highest BCUT2D eigenvalue weighted by molar-refractivity contribution is 9.10. The van der Waals surface area contributed by atoms with Crippen molar-refractivity contribution in [3.05, 3.63) is 28.2 Å². The van der Waals surface area contributed by atoms with E-state index in [9.17, 15) is 14.4 Å². The van der Waals surface area contributed by atoms with Crippen LogP contribution in [0.3, 0.4) is 0 Å². The molecular formula is C12H13BrN2O5. The van der Waals surface area contributed by atoms with Crippen molar-refractivity contribution >= 4 is 39.6 Å². The molecule has 1 aromatic carbocycles. The van der Waals surface area contributed by atoms with Crippen LogP contribution in [0.25, 0.3) is 0 Å². The van der Waals surface area contributed by atoms with Gasteiger partial charge < -0.3 is 20.5 Å². The number of hydrogen-bond acceptors (Lipinski definition) is 4. The molecule has 0 unspecified atom stereocenters. The van der Waals surface area contributed by atoms with Crippen molar-refractivity contribution in [1.82, 2.24) is 5.32 Å². The molecule has 0 aliphatic carbocycles. The minimum Gasteiger partial charge on any atom is -0.478 e. The highest BCUT2D eigenvalue weighted by atomic mass is 79.9. The Hall–Kier alpha value is -2.09. The van der Waals surface area contributed by atoms with Gasteiger partial charge in [0.25, 0.3) is 0 Å². The third-order valence-corrected chi connectivity index (χ3v) is 2.70. The number of carboxylic acids is 1. The standard InChI is InChI=1S/C12H13BrN2O5/c1-20-10(16)2-3-14-12(19)15-9-5-7(11(17)18)4-8(13)6-9/h4-6H,2-3H2,1H3,(H,17,18)(H2,14,15,19). The lowest BCUT2D eigenvalue weighted by Gasteiger charge is -2.08. The van der Waals surface area contributed by atoms with Crippen LogP contribution in [0.2, 0.25) is 0 Å². The second-order valence-electron chi connectivity index (χ2n) is 3.74. The minimum absolute atomic E-state index is 0.0456. The second kappa shape index (κ2) is 7.49. The monoisotopic (exact) mass is 344 g/mol. The summed E-state index contributed by atoms with van der Waals surface area (Å²) < 4.78 is 4.96. The van der Waals surface area contributed by atoms with Crippen LogP contribution < -0.4 is 10.6 Å². The van der Waals surface area contributed by atoms with Crippen LogP contribution in [0.4, 0.5) is 10.5 Å². The van der Waals surface area contributed by atoms with Crippen LogP contribution in [0.1, 0.15) is 16.8 Å². The molecule has 1 rings (SSSR count). The highest BCUT2D eigenvalue weighted by Crippen LogP contribution is 2.19. The minimum atomic E-state index is -1.10. The number of carboxylic acid groups (broad SMARTS) is 1. The Labute approximate surface area is 123 Å². The highest BCUT2D eigenvalue weighted by Gasteiger charge is 2.08. The quantitative estimate of drug-likeness (QED) is 0.706. The van der Waals surface area contributed by atoms with Crippen molar-refractivity contribution in [1.29, 1.82) is 0 Å². The van der Waals surface area contributed by atoms with E-state index in [1.165, 1.54) is 19.2 Å². The maximum atomic E-state index is 11.5. The fraction of sp³-hybridized carbons (Fsp3) is 0.250. The number of carbonyl (C=O) groups excluding carboxylic acids is 2. The molecule has 0 spiro atoms. The molecule has 2 amide bonds. The Kier molecular flexibility index (Phi) is 5.98. The lowest BCUT2D eigenvalue weighted by Crippen LogP contribution is -2.30. The summed E-state index contributed by atoms with van der Waals surface area (Å²) in [6.07, 6.45) is 0.0583. The summed E-state index contributed by atoms with van der Waals surface area (Å²) in [5.74, 6) is -1.53. The van der Waals surface area contributed by atoms with E-state index < -0.39 is 18.0 Å². The van der Waals surface area contributed by atoms with Gasteiger partial charge in [0.15, 0.2) is 0 Å². The van der Waals surface area contributed by atoms with Gasteiger partial charge in [0, 0.05) is 16.7 Å². The van der Waals surface area contributed by atoms with Gasteiger partial charge in [-0.25, -0.2) is 9.59 Å². The van der Waals surface area contributed by atoms with Gasteiger partial charge in [-0.1, -0.05) is 15.9 Å². The van der Waals surface area contributed by atoms with E-state index in [-0.39, 0.29) is 18.5 Å². The second-order valence-corrected chi connectivity index (χ2v) is 4.66. The van der Waals surface area contributed by atoms with E-state index in [0.29, 0.717) is 10.2 Å². The number of halogens is 1. The summed E-state index contributed by atoms with van der Waals surface area (Å²) >= 11 is 3.16. The molecule has 0 aliphatic heterocycles. The topological polar surface area (TPSA) is 105 Å². The summed E-state index contributed by atoms with van der Waals surface area (Å²) in [7, 11) is 1.26. The Morgan fingerprint density at radius 2 is 2.00 bits per heavy atom. The zero-order chi connectivity index (χ0) is 15.1. The zero-order valence-electron chi connectivity index (χ0n) is 10.6. The molecule has 0 radical (unpaired) electrons. The number of hydrogen-bond donors (Lipinski definition) is 3. The Morgan fingerprint density at radius 3 is 2.60 bits per heavy atom. The van der Waals surface area contributed by atoms with Crippen molar-refractivity contribution in [3.63, 3.8) is 0 Å². The SMILES string of the molecule is COC(=O)CCNC(=O)Nc1cc(Br)cc(C(=O)O)c1. The molecule has 0 aromatic heterocycles. The van der Waals surface area contributed by atoms with Crippen LogP contribution >= 0.6 is 15.9 Å². The van der Waals surface area contributed by atoms with Gasteiger partial charge in [0.1, 0.15) is 0 Å². The zero-order valence-corrected chi connectivity index (χ0v) is 12.2. The van der Waals surface area contributed by atoms with Gasteiger partial charge in [-0.3, -0.25) is 4.79 Å². The number of esters is 1. The van der Waals surface area contributed by atoms with E-state index in [0.717, 1.165) is 0 Å². The fourth-order valence-electron chi connectivity index (χ4n) is 1.34. The van der Waals surface area contributed by atoms with Crippen molar-refractivity contribution in [2.24, 2.45) is 0 Å². The first-order valence-electron chi connectivity index (χ1n) is 5.58. The van der Waals surface area contributed by atoms with Crippen molar-refractivity contribution in [3.8, 4) is 0 Å². The van der Waals surface area contributed by atoms with Crippen LogP contribution in [0.5, 0.6) is 0 Å². The van der Waals surface area contributed by atoms with Crippen LogP contribution in [-0.2, 0) is 9.53 Å². The number of amides is 2. The summed E-state index contributed by atoms with van der Waals surface area (Å²) in [6.45, 7) is 0.123. The predicted octanol–water partition coefficient (Wildman–Crippen LogP) is 1.83. The molecule has 0 saturated carbocycles. The van der Waals surface area contributed by atoms with Crippen LogP contribution in [0.15, 0.2) is 22.7 Å². The van der Waals surface area contributed by atoms with Crippen LogP contribution in [0, 0.1) is 0 Å². The molecule has 108 valence electrons. The van der Waals surface area contributed by atoms with Gasteiger partial charge in [-0.05, 0) is 18.2 Å². The molecule has 20 heavy (non-hydrogen) atoms. The summed E-state index contributed by atoms with van der Waals surface area (Å²) in [6, 6.07) is 3.77. The molecule has 0 fully saturated rings. The number of anilines is 1. The smallest absolute Gasteiger partial charge is 0.335 e. The Morgan fingerprint density at radius 1 is 1.30 bits per heavy atom. The van der Waals surface area contributed by atoms with E-state index in [2.05, 4.69) is 31.3 Å². The Balaban J connectivity index is 2.57. The first-order chi connectivity index (χ1) is 9.42. The average molecular weight is 345 g/mol. The first kappa shape index (κ1) is 16.0. The van der Waals surface area contributed by atoms with E-state index in [1.807, 2.05) is 0 Å². The van der Waals surface area contributed by atoms with Crippen molar-refractivity contribution in [2.45, 2.75) is 6.42 Å². The number of benzene rings is 1. The molecule has 3 N–H and O–H groups in total. The maximum Gasteiger partial charge on any atom is 0.335 e. The number of methoxy groups -OCH3 is 1. The molecule has 1 aromatic rings. The fourth-order valence-corrected chi connectivity index (χ4v) is 1.83.